The van der Waals surface area contributed by atoms with Gasteiger partial charge in [-0.2, -0.15) is 0 Å². The first kappa shape index (κ1) is 14.5. The number of nitrogens with two attached hydrogens (primary N) is 1. The Morgan fingerprint density at radius 2 is 1.90 bits per heavy atom. The summed E-state index contributed by atoms with van der Waals surface area (Å²) >= 11 is 0. The highest BCUT2D eigenvalue weighted by atomic mass is 19.1. The SMILES string of the molecule is COc1ccc(F)c([C@@H](N)[C@@H](O)Cc2ccccc2)c1. The summed E-state index contributed by atoms with van der Waals surface area (Å²) < 4.78 is 18.9. The first-order valence-corrected chi connectivity index (χ1v) is 6.43. The van der Waals surface area contributed by atoms with Crippen LogP contribution in [0.2, 0.25) is 0 Å². The smallest absolute Gasteiger partial charge is 0.128 e. The number of halogens is 1. The van der Waals surface area contributed by atoms with Gasteiger partial charge in [-0.05, 0) is 23.8 Å². The Hall–Kier alpha value is -1.91. The lowest BCUT2D eigenvalue weighted by atomic mass is 9.96. The molecule has 0 aliphatic heterocycles. The second-order valence-electron chi connectivity index (χ2n) is 4.67. The average molecular weight is 275 g/mol. The molecule has 3 N–H and O–H groups in total. The summed E-state index contributed by atoms with van der Waals surface area (Å²) in [6.07, 6.45) is -0.488. The molecule has 0 aromatic heterocycles. The zero-order chi connectivity index (χ0) is 14.5. The van der Waals surface area contributed by atoms with Gasteiger partial charge in [0, 0.05) is 12.0 Å². The highest BCUT2D eigenvalue weighted by Gasteiger charge is 2.21. The highest BCUT2D eigenvalue weighted by molar-refractivity contribution is 5.32. The van der Waals surface area contributed by atoms with Crippen LogP contribution in [0.1, 0.15) is 17.2 Å². The van der Waals surface area contributed by atoms with Gasteiger partial charge in [-0.1, -0.05) is 30.3 Å². The van der Waals surface area contributed by atoms with Crippen LogP contribution >= 0.6 is 0 Å². The van der Waals surface area contributed by atoms with Gasteiger partial charge in [0.25, 0.3) is 0 Å². The van der Waals surface area contributed by atoms with Crippen molar-refractivity contribution < 1.29 is 14.2 Å². The minimum absolute atomic E-state index is 0.257. The molecule has 2 aromatic rings. The zero-order valence-electron chi connectivity index (χ0n) is 11.3. The molecule has 0 saturated carbocycles. The Balaban J connectivity index is 2.16. The van der Waals surface area contributed by atoms with E-state index in [1.54, 1.807) is 0 Å². The topological polar surface area (TPSA) is 55.5 Å². The van der Waals surface area contributed by atoms with Gasteiger partial charge in [-0.3, -0.25) is 0 Å². The van der Waals surface area contributed by atoms with Crippen molar-refractivity contribution in [1.82, 2.24) is 0 Å². The Labute approximate surface area is 117 Å². The maximum Gasteiger partial charge on any atom is 0.128 e. The summed E-state index contributed by atoms with van der Waals surface area (Å²) in [4.78, 5) is 0. The van der Waals surface area contributed by atoms with Crippen molar-refractivity contribution in [2.45, 2.75) is 18.6 Å². The summed E-state index contributed by atoms with van der Waals surface area (Å²) in [6.45, 7) is 0. The van der Waals surface area contributed by atoms with E-state index in [1.807, 2.05) is 30.3 Å². The summed E-state index contributed by atoms with van der Waals surface area (Å²) in [7, 11) is 1.50. The standard InChI is InChI=1S/C16H18FNO2/c1-20-12-7-8-14(17)13(10-12)16(18)15(19)9-11-5-3-2-4-6-11/h2-8,10,15-16,19H,9,18H2,1H3/t15-,16+/m0/s1. The van der Waals surface area contributed by atoms with E-state index in [1.165, 1.54) is 25.3 Å². The number of ether oxygens (including phenoxy) is 1. The van der Waals surface area contributed by atoms with Gasteiger partial charge in [0.05, 0.1) is 19.3 Å². The molecule has 0 saturated heterocycles. The van der Waals surface area contributed by atoms with Crippen LogP contribution in [-0.4, -0.2) is 18.3 Å². The van der Waals surface area contributed by atoms with Crippen LogP contribution in [0, 0.1) is 5.82 Å². The molecule has 20 heavy (non-hydrogen) atoms. The van der Waals surface area contributed by atoms with Crippen LogP contribution in [-0.2, 0) is 6.42 Å². The van der Waals surface area contributed by atoms with E-state index in [0.29, 0.717) is 12.2 Å². The van der Waals surface area contributed by atoms with Crippen molar-refractivity contribution in [2.24, 2.45) is 5.73 Å². The van der Waals surface area contributed by atoms with Gasteiger partial charge < -0.3 is 15.6 Å². The fourth-order valence-corrected chi connectivity index (χ4v) is 2.09. The van der Waals surface area contributed by atoms with Crippen LogP contribution < -0.4 is 10.5 Å². The van der Waals surface area contributed by atoms with Crippen LogP contribution in [0.25, 0.3) is 0 Å². The molecule has 0 bridgehead atoms. The van der Waals surface area contributed by atoms with Crippen LogP contribution in [0.3, 0.4) is 0 Å². The van der Waals surface area contributed by atoms with Gasteiger partial charge >= 0.3 is 0 Å². The van der Waals surface area contributed by atoms with E-state index in [2.05, 4.69) is 0 Å². The van der Waals surface area contributed by atoms with E-state index < -0.39 is 18.0 Å². The Morgan fingerprint density at radius 3 is 2.55 bits per heavy atom. The molecule has 0 fully saturated rings. The van der Waals surface area contributed by atoms with Crippen molar-refractivity contribution in [3.8, 4) is 5.75 Å². The number of hydrogen-bond acceptors (Lipinski definition) is 3. The number of hydrogen-bond donors (Lipinski definition) is 2. The maximum absolute atomic E-state index is 13.8. The summed E-state index contributed by atoms with van der Waals surface area (Å²) in [6, 6.07) is 13.0. The fourth-order valence-electron chi connectivity index (χ4n) is 2.09. The predicted octanol–water partition coefficient (Wildman–Crippen LogP) is 2.44. The molecule has 2 rings (SSSR count). The van der Waals surface area contributed by atoms with E-state index in [4.69, 9.17) is 10.5 Å². The van der Waals surface area contributed by atoms with Gasteiger partial charge in [0.1, 0.15) is 11.6 Å². The Bertz CT molecular complexity index is 560. The Kier molecular flexibility index (Phi) is 4.71. The first-order valence-electron chi connectivity index (χ1n) is 6.43. The normalized spacial score (nSPS) is 13.8. The lowest BCUT2D eigenvalue weighted by molar-refractivity contribution is 0.143. The Morgan fingerprint density at radius 1 is 1.20 bits per heavy atom. The van der Waals surface area contributed by atoms with Gasteiger partial charge in [-0.25, -0.2) is 4.39 Å². The molecule has 3 nitrogen and oxygen atoms in total. The lowest BCUT2D eigenvalue weighted by Gasteiger charge is -2.20. The maximum atomic E-state index is 13.8. The van der Waals surface area contributed by atoms with Crippen molar-refractivity contribution in [2.75, 3.05) is 7.11 Å². The molecular formula is C16H18FNO2. The lowest BCUT2D eigenvalue weighted by Crippen LogP contribution is -2.29. The van der Waals surface area contributed by atoms with Crippen molar-refractivity contribution in [3.63, 3.8) is 0 Å². The molecular weight excluding hydrogens is 257 g/mol. The van der Waals surface area contributed by atoms with Gasteiger partial charge in [0.15, 0.2) is 0 Å². The van der Waals surface area contributed by atoms with E-state index >= 15 is 0 Å². The quantitative estimate of drug-likeness (QED) is 0.881. The highest BCUT2D eigenvalue weighted by Crippen LogP contribution is 2.24. The van der Waals surface area contributed by atoms with E-state index in [9.17, 15) is 9.50 Å². The van der Waals surface area contributed by atoms with Crippen LogP contribution in [0.4, 0.5) is 4.39 Å². The molecule has 0 heterocycles. The summed E-state index contributed by atoms with van der Waals surface area (Å²) in [5, 5.41) is 10.2. The molecule has 0 aliphatic rings. The van der Waals surface area contributed by atoms with E-state index in [-0.39, 0.29) is 5.56 Å². The molecule has 0 unspecified atom stereocenters. The average Bonchev–Trinajstić information content (AvgIpc) is 2.48. The van der Waals surface area contributed by atoms with Gasteiger partial charge in [-0.15, -0.1) is 0 Å². The monoisotopic (exact) mass is 275 g/mol. The predicted molar refractivity (Wildman–Crippen MR) is 76.0 cm³/mol. The van der Waals surface area contributed by atoms with Crippen molar-refractivity contribution in [1.29, 1.82) is 0 Å². The minimum atomic E-state index is -0.862. The number of rotatable bonds is 5. The molecule has 0 amide bonds. The summed E-state index contributed by atoms with van der Waals surface area (Å²) in [5.74, 6) is 0.0779. The van der Waals surface area contributed by atoms with Crippen LogP contribution in [0.15, 0.2) is 48.5 Å². The van der Waals surface area contributed by atoms with Crippen molar-refractivity contribution in [3.05, 3.63) is 65.5 Å². The second-order valence-corrected chi connectivity index (χ2v) is 4.67. The third kappa shape index (κ3) is 3.35. The molecule has 106 valence electrons. The third-order valence-electron chi connectivity index (χ3n) is 3.26. The molecule has 2 aromatic carbocycles. The number of methoxy groups -OCH3 is 1. The molecule has 4 heteroatoms. The first-order chi connectivity index (χ1) is 9.61. The second kappa shape index (κ2) is 6.50. The van der Waals surface area contributed by atoms with Crippen molar-refractivity contribution >= 4 is 0 Å². The number of aliphatic hydroxyl groups is 1. The number of benzene rings is 2. The van der Waals surface area contributed by atoms with Crippen LogP contribution in [0.5, 0.6) is 5.75 Å². The molecule has 0 aliphatic carbocycles. The summed E-state index contributed by atoms with van der Waals surface area (Å²) in [5.41, 5.74) is 7.18. The van der Waals surface area contributed by atoms with E-state index in [0.717, 1.165) is 5.56 Å². The molecule has 0 spiro atoms. The number of aliphatic hydroxyl groups excluding tert-OH is 1. The van der Waals surface area contributed by atoms with Gasteiger partial charge in [0.2, 0.25) is 0 Å². The minimum Gasteiger partial charge on any atom is -0.497 e. The largest absolute Gasteiger partial charge is 0.497 e. The molecule has 0 radical (unpaired) electrons. The third-order valence-corrected chi connectivity index (χ3v) is 3.26. The fraction of sp³-hybridized carbons (Fsp3) is 0.250. The molecule has 2 atom stereocenters. The zero-order valence-corrected chi connectivity index (χ0v) is 11.3.